The van der Waals surface area contributed by atoms with Gasteiger partial charge in [-0.3, -0.25) is 0 Å². The van der Waals surface area contributed by atoms with E-state index in [1.807, 2.05) is 0 Å². The van der Waals surface area contributed by atoms with Crippen LogP contribution in [0.4, 0.5) is 34.1 Å². The van der Waals surface area contributed by atoms with E-state index in [2.05, 4.69) is 329 Å². The van der Waals surface area contributed by atoms with Gasteiger partial charge in [-0.1, -0.05) is 264 Å². The molecule has 0 bridgehead atoms. The molecule has 13 aromatic rings. The molecule has 2 heterocycles. The molecule has 0 N–H and O–H groups in total. The van der Waals surface area contributed by atoms with E-state index in [0.29, 0.717) is 0 Å². The van der Waals surface area contributed by atoms with Crippen molar-refractivity contribution in [3.8, 4) is 66.8 Å². The molecule has 0 saturated carbocycles. The molecule has 0 unspecified atom stereocenters. The second-order valence-corrected chi connectivity index (χ2v) is 23.2. The molecule has 82 heavy (non-hydrogen) atoms. The van der Waals surface area contributed by atoms with Crippen LogP contribution in [-0.4, -0.2) is 0 Å². The smallest absolute Gasteiger partial charge is 0.0544 e. The third-order valence-electron chi connectivity index (χ3n) is 17.9. The van der Waals surface area contributed by atoms with Crippen LogP contribution >= 0.6 is 0 Å². The maximum atomic E-state index is 2.62. The molecule has 0 fully saturated rings. The van der Waals surface area contributed by atoms with Crippen molar-refractivity contribution in [3.63, 3.8) is 0 Å². The van der Waals surface area contributed by atoms with Crippen molar-refractivity contribution < 1.29 is 0 Å². The fourth-order valence-corrected chi connectivity index (χ4v) is 13.5. The van der Waals surface area contributed by atoms with Crippen LogP contribution in [0.2, 0.25) is 0 Å². The van der Waals surface area contributed by atoms with Gasteiger partial charge in [-0.15, -0.1) is 0 Å². The number of anilines is 6. The summed E-state index contributed by atoms with van der Waals surface area (Å²) in [4.78, 5) is 5.04. The normalized spacial score (nSPS) is 13.5. The fourth-order valence-electron chi connectivity index (χ4n) is 13.5. The van der Waals surface area contributed by atoms with Crippen LogP contribution in [0.15, 0.2) is 291 Å². The van der Waals surface area contributed by atoms with Crippen molar-refractivity contribution in [2.24, 2.45) is 0 Å². The lowest BCUT2D eigenvalue weighted by atomic mass is 9.65. The highest BCUT2D eigenvalue weighted by atomic mass is 15.2. The Hall–Kier alpha value is -10.0. The molecule has 0 amide bonds. The Morgan fingerprint density at radius 2 is 0.585 bits per heavy atom. The van der Waals surface area contributed by atoms with Gasteiger partial charge in [0.15, 0.2) is 0 Å². The number of rotatable bonds is 9. The topological polar surface area (TPSA) is 6.48 Å². The van der Waals surface area contributed by atoms with Crippen molar-refractivity contribution in [1.29, 1.82) is 0 Å². The van der Waals surface area contributed by atoms with Crippen molar-refractivity contribution >= 4 is 55.7 Å². The lowest BCUT2D eigenvalue weighted by Crippen LogP contribution is -2.38. The molecule has 2 heteroatoms. The Balaban J connectivity index is 0.881. The fraction of sp³-hybridized carbons (Fsp3) is 0.0750. The van der Waals surface area contributed by atoms with Crippen LogP contribution in [0.3, 0.4) is 0 Å². The van der Waals surface area contributed by atoms with Gasteiger partial charge in [-0.05, 0) is 160 Å². The van der Waals surface area contributed by atoms with E-state index in [9.17, 15) is 0 Å². The van der Waals surface area contributed by atoms with Crippen LogP contribution in [0.25, 0.3) is 88.3 Å². The van der Waals surface area contributed by atoms with E-state index in [0.717, 1.165) is 17.1 Å². The van der Waals surface area contributed by atoms with Crippen molar-refractivity contribution in [3.05, 3.63) is 313 Å². The highest BCUT2D eigenvalue weighted by molar-refractivity contribution is 6.13. The molecule has 0 aliphatic carbocycles. The second-order valence-electron chi connectivity index (χ2n) is 23.2. The molecule has 0 radical (unpaired) electrons. The van der Waals surface area contributed by atoms with E-state index in [1.165, 1.54) is 128 Å². The summed E-state index contributed by atoms with van der Waals surface area (Å²) in [5.41, 5.74) is 26.3. The van der Waals surface area contributed by atoms with Gasteiger partial charge in [-0.2, -0.15) is 0 Å². The zero-order valence-electron chi connectivity index (χ0n) is 46.6. The van der Waals surface area contributed by atoms with Crippen molar-refractivity contribution in [1.82, 2.24) is 0 Å². The predicted molar refractivity (Wildman–Crippen MR) is 348 cm³/mol. The maximum Gasteiger partial charge on any atom is 0.0544 e. The van der Waals surface area contributed by atoms with Crippen LogP contribution in [0.5, 0.6) is 0 Å². The van der Waals surface area contributed by atoms with Gasteiger partial charge in [0.2, 0.25) is 0 Å². The van der Waals surface area contributed by atoms with E-state index >= 15 is 0 Å². The van der Waals surface area contributed by atoms with Gasteiger partial charge in [0, 0.05) is 27.6 Å². The van der Waals surface area contributed by atoms with E-state index in [-0.39, 0.29) is 10.8 Å². The summed E-state index contributed by atoms with van der Waals surface area (Å²) >= 11 is 0. The van der Waals surface area contributed by atoms with Gasteiger partial charge in [-0.25, -0.2) is 0 Å². The van der Waals surface area contributed by atoms with Gasteiger partial charge >= 0.3 is 0 Å². The Labute approximate surface area is 481 Å². The summed E-state index contributed by atoms with van der Waals surface area (Å²) in [6.07, 6.45) is 0. The largest absolute Gasteiger partial charge is 0.310 e. The van der Waals surface area contributed by atoms with Gasteiger partial charge in [0.1, 0.15) is 0 Å². The summed E-state index contributed by atoms with van der Waals surface area (Å²) in [5.74, 6) is 0. The zero-order valence-corrected chi connectivity index (χ0v) is 46.6. The Bertz CT molecular complexity index is 4370. The minimum absolute atomic E-state index is 0.316. The standard InChI is InChI=1S/C80H60N2/c1-79(2)71-46-37-59(55-25-13-7-14-26-55)51-76(71)82-77-52-60(56-27-15-8-16-28-56)38-47-72(77)80(3,4)74-50-61(49-73(79)78(74)82)64-43-44-68(66-30-18-17-29-65(64)66)69-45-48-75(70-32-20-19-31-67(69)70)81(62-39-33-57(34-40-62)53-21-9-5-10-22-53)63-41-35-58(36-42-63)54-23-11-6-12-24-54/h5-52H,1-4H3. The van der Waals surface area contributed by atoms with E-state index < -0.39 is 0 Å². The van der Waals surface area contributed by atoms with Gasteiger partial charge in [0.05, 0.1) is 22.7 Å². The number of nitrogens with zero attached hydrogens (tertiary/aromatic N) is 2. The first-order valence-electron chi connectivity index (χ1n) is 28.7. The third kappa shape index (κ3) is 8.00. The van der Waals surface area contributed by atoms with Crippen LogP contribution < -0.4 is 9.80 Å². The molecule has 2 aliphatic rings. The molecular weight excluding hydrogens is 989 g/mol. The van der Waals surface area contributed by atoms with Gasteiger partial charge < -0.3 is 9.80 Å². The SMILES string of the molecule is CC1(C)c2ccc(-c3ccccc3)cc2N2c3cc(-c4ccccc4)ccc3C(C)(C)c3cc(-c4ccc(-c5ccc(N(c6ccc(-c7ccccc7)cc6)c6ccc(-c7ccccc7)cc6)c6ccccc56)c5ccccc45)cc1c32. The monoisotopic (exact) mass is 1050 g/mol. The predicted octanol–water partition coefficient (Wildman–Crippen LogP) is 22.2. The Kier molecular flexibility index (Phi) is 11.6. The average Bonchev–Trinajstić information content (AvgIpc) is 0.962. The summed E-state index contributed by atoms with van der Waals surface area (Å²) in [5, 5.41) is 4.85. The minimum atomic E-state index is -0.316. The molecule has 0 atom stereocenters. The third-order valence-corrected chi connectivity index (χ3v) is 17.9. The van der Waals surface area contributed by atoms with E-state index in [1.54, 1.807) is 0 Å². The molecular formula is C80H60N2. The lowest BCUT2D eigenvalue weighted by Gasteiger charge is -2.50. The first-order valence-corrected chi connectivity index (χ1v) is 28.7. The number of fused-ring (bicyclic) bond motifs is 6. The molecule has 2 nitrogen and oxygen atoms in total. The Morgan fingerprint density at radius 3 is 1.02 bits per heavy atom. The van der Waals surface area contributed by atoms with Crippen LogP contribution in [0, 0.1) is 0 Å². The first kappa shape index (κ1) is 49.1. The molecule has 0 spiro atoms. The Morgan fingerprint density at radius 1 is 0.256 bits per heavy atom. The van der Waals surface area contributed by atoms with Crippen LogP contribution in [-0.2, 0) is 10.8 Å². The molecule has 0 saturated heterocycles. The first-order chi connectivity index (χ1) is 40.2. The molecule has 2 aliphatic heterocycles. The molecule has 13 aromatic carbocycles. The minimum Gasteiger partial charge on any atom is -0.310 e. The average molecular weight is 1050 g/mol. The molecule has 15 rings (SSSR count). The van der Waals surface area contributed by atoms with Gasteiger partial charge in [0.25, 0.3) is 0 Å². The second kappa shape index (κ2) is 19.4. The lowest BCUT2D eigenvalue weighted by molar-refractivity contribution is 0.598. The number of benzene rings is 13. The number of hydrogen-bond acceptors (Lipinski definition) is 2. The summed E-state index contributed by atoms with van der Waals surface area (Å²) < 4.78 is 0. The summed E-state index contributed by atoms with van der Waals surface area (Å²) in [6.45, 7) is 9.74. The molecule has 390 valence electrons. The highest BCUT2D eigenvalue weighted by Gasteiger charge is 2.46. The summed E-state index contributed by atoms with van der Waals surface area (Å²) in [7, 11) is 0. The maximum absolute atomic E-state index is 2.62. The number of hydrogen-bond donors (Lipinski definition) is 0. The summed E-state index contributed by atoms with van der Waals surface area (Å²) in [6, 6.07) is 108. The van der Waals surface area contributed by atoms with Crippen molar-refractivity contribution in [2.45, 2.75) is 38.5 Å². The highest BCUT2D eigenvalue weighted by Crippen LogP contribution is 2.62. The van der Waals surface area contributed by atoms with Crippen LogP contribution in [0.1, 0.15) is 49.9 Å². The zero-order chi connectivity index (χ0) is 55.1. The van der Waals surface area contributed by atoms with E-state index in [4.69, 9.17) is 0 Å². The van der Waals surface area contributed by atoms with Crippen molar-refractivity contribution in [2.75, 3.05) is 9.80 Å². The molecule has 0 aromatic heterocycles. The quantitative estimate of drug-likeness (QED) is 0.142.